The van der Waals surface area contributed by atoms with E-state index in [4.69, 9.17) is 0 Å². The maximum absolute atomic E-state index is 10.00. The van der Waals surface area contributed by atoms with Gasteiger partial charge < -0.3 is 28.8 Å². The van der Waals surface area contributed by atoms with Crippen molar-refractivity contribution in [2.24, 2.45) is 5.92 Å². The Morgan fingerprint density at radius 1 is 0.386 bits per heavy atom. The van der Waals surface area contributed by atoms with Crippen LogP contribution in [0, 0.1) is 5.92 Å². The largest absolute Gasteiger partial charge is 0.549 e. The van der Waals surface area contributed by atoms with Gasteiger partial charge in [-0.1, -0.05) is 120 Å². The molecule has 0 aliphatic heterocycles. The second-order valence-electron chi connectivity index (χ2n) is 13.3. The number of unbranched alkanes of at least 4 members (excludes halogenated alkanes) is 8. The zero-order valence-electron chi connectivity index (χ0n) is 31.5. The van der Waals surface area contributed by atoms with Gasteiger partial charge in [0.1, 0.15) is 0 Å². The van der Waals surface area contributed by atoms with Gasteiger partial charge in [0, 0.05) is 5.92 Å². The fraction of sp³-hybridized carbons (Fsp3) is 0.947. The Balaban J connectivity index is -0.000000594. The summed E-state index contributed by atoms with van der Waals surface area (Å²) in [5, 5.41) is 20.0. The predicted molar refractivity (Wildman–Crippen MR) is 187 cm³/mol. The van der Waals surface area contributed by atoms with E-state index in [2.05, 4.69) is 55.4 Å². The SMILES string of the molecule is CCCC(C(=O)[O-])C(=O)[O-].CCCC[N+](CCCC)(CCCC)CCCC.CCCC[N+](CCCC)(CCCC)CCCC. The Labute approximate surface area is 276 Å². The molecule has 0 amide bonds. The molecule has 6 nitrogen and oxygen atoms in total. The lowest BCUT2D eigenvalue weighted by Crippen LogP contribution is -2.50. The summed E-state index contributed by atoms with van der Waals surface area (Å²) in [6.45, 7) is 31.7. The van der Waals surface area contributed by atoms with E-state index in [1.54, 1.807) is 6.92 Å². The lowest BCUT2D eigenvalue weighted by molar-refractivity contribution is -0.929. The molecule has 0 fully saturated rings. The Morgan fingerprint density at radius 3 is 0.659 bits per heavy atom. The minimum Gasteiger partial charge on any atom is -0.549 e. The molecule has 0 bridgehead atoms. The Bertz CT molecular complexity index is 501. The first-order chi connectivity index (χ1) is 21.1. The molecule has 0 saturated carbocycles. The van der Waals surface area contributed by atoms with Crippen molar-refractivity contribution in [3.63, 3.8) is 0 Å². The van der Waals surface area contributed by atoms with Gasteiger partial charge in [0.05, 0.1) is 64.3 Å². The van der Waals surface area contributed by atoms with E-state index in [-0.39, 0.29) is 6.42 Å². The maximum Gasteiger partial charge on any atom is 0.0786 e. The molecule has 266 valence electrons. The van der Waals surface area contributed by atoms with Crippen LogP contribution in [0.4, 0.5) is 0 Å². The summed E-state index contributed by atoms with van der Waals surface area (Å²) in [5.41, 5.74) is 0. The van der Waals surface area contributed by atoms with E-state index >= 15 is 0 Å². The quantitative estimate of drug-likeness (QED) is 0.0651. The fourth-order valence-electron chi connectivity index (χ4n) is 5.91. The fourth-order valence-corrected chi connectivity index (χ4v) is 5.91. The van der Waals surface area contributed by atoms with Gasteiger partial charge in [-0.2, -0.15) is 0 Å². The minimum absolute atomic E-state index is 0.0741. The molecular formula is C38H80N2O4. The highest BCUT2D eigenvalue weighted by Crippen LogP contribution is 2.17. The number of carbonyl (C=O) groups excluding carboxylic acids is 2. The van der Waals surface area contributed by atoms with Crippen molar-refractivity contribution < 1.29 is 28.8 Å². The highest BCUT2D eigenvalue weighted by Gasteiger charge is 2.25. The first kappa shape index (κ1) is 47.3. The number of quaternary nitrogens is 2. The summed E-state index contributed by atoms with van der Waals surface area (Å²) >= 11 is 0. The maximum atomic E-state index is 10.00. The molecule has 6 heteroatoms. The highest BCUT2D eigenvalue weighted by molar-refractivity contribution is 5.90. The van der Waals surface area contributed by atoms with Crippen molar-refractivity contribution in [2.45, 2.75) is 178 Å². The third kappa shape index (κ3) is 26.1. The minimum atomic E-state index is -1.57. The van der Waals surface area contributed by atoms with Crippen molar-refractivity contribution in [1.82, 2.24) is 0 Å². The van der Waals surface area contributed by atoms with Gasteiger partial charge in [0.25, 0.3) is 0 Å². The summed E-state index contributed by atoms with van der Waals surface area (Å²) in [6.07, 6.45) is 22.7. The van der Waals surface area contributed by atoms with Gasteiger partial charge in [0.15, 0.2) is 0 Å². The first-order valence-electron chi connectivity index (χ1n) is 19.2. The van der Waals surface area contributed by atoms with E-state index in [1.807, 2.05) is 0 Å². The van der Waals surface area contributed by atoms with Gasteiger partial charge in [-0.25, -0.2) is 0 Å². The predicted octanol–water partition coefficient (Wildman–Crippen LogP) is 7.91. The van der Waals surface area contributed by atoms with Crippen LogP contribution >= 0.6 is 0 Å². The monoisotopic (exact) mass is 629 g/mol. The number of aliphatic carboxylic acids is 2. The van der Waals surface area contributed by atoms with Crippen molar-refractivity contribution >= 4 is 11.9 Å². The van der Waals surface area contributed by atoms with Crippen molar-refractivity contribution in [2.75, 3.05) is 52.4 Å². The van der Waals surface area contributed by atoms with Crippen LogP contribution in [0.25, 0.3) is 0 Å². The number of carboxylic acid groups (broad SMARTS) is 2. The number of carboxylic acids is 2. The molecule has 0 N–H and O–H groups in total. The molecule has 0 saturated heterocycles. The lowest BCUT2D eigenvalue weighted by atomic mass is 10.1. The van der Waals surface area contributed by atoms with Crippen LogP contribution in [0.5, 0.6) is 0 Å². The summed E-state index contributed by atoms with van der Waals surface area (Å²) in [5.74, 6) is -4.59. The molecule has 0 heterocycles. The average molecular weight is 629 g/mol. The van der Waals surface area contributed by atoms with Crippen LogP contribution in [0.1, 0.15) is 178 Å². The van der Waals surface area contributed by atoms with E-state index in [9.17, 15) is 19.8 Å². The molecule has 0 spiro atoms. The van der Waals surface area contributed by atoms with Gasteiger partial charge in [-0.3, -0.25) is 0 Å². The summed E-state index contributed by atoms with van der Waals surface area (Å²) in [7, 11) is 0. The van der Waals surface area contributed by atoms with E-state index in [0.717, 1.165) is 0 Å². The van der Waals surface area contributed by atoms with E-state index < -0.39 is 17.9 Å². The van der Waals surface area contributed by atoms with E-state index in [1.165, 1.54) is 164 Å². The molecule has 0 aromatic heterocycles. The van der Waals surface area contributed by atoms with Gasteiger partial charge in [-0.15, -0.1) is 0 Å². The molecule has 44 heavy (non-hydrogen) atoms. The second-order valence-corrected chi connectivity index (χ2v) is 13.3. The second kappa shape index (κ2) is 33.2. The Morgan fingerprint density at radius 2 is 0.568 bits per heavy atom. The zero-order valence-corrected chi connectivity index (χ0v) is 31.5. The van der Waals surface area contributed by atoms with Crippen LogP contribution < -0.4 is 10.2 Å². The standard InChI is InChI=1S/2C16H36N.C6H10O4/c2*1-5-9-13-17(14-10-6-2,15-11-7-3)16-12-8-4;1-2-3-4(5(7)8)6(9)10/h2*5-16H2,1-4H3;4H,2-3H2,1H3,(H,7,8)(H,9,10)/q2*+1;/p-2. The van der Waals surface area contributed by atoms with Crippen LogP contribution in [-0.2, 0) is 9.59 Å². The smallest absolute Gasteiger partial charge is 0.0786 e. The molecule has 0 aliphatic rings. The number of rotatable bonds is 28. The molecule has 0 unspecified atom stereocenters. The first-order valence-corrected chi connectivity index (χ1v) is 19.2. The summed E-state index contributed by atoms with van der Waals surface area (Å²) in [4.78, 5) is 20.0. The summed E-state index contributed by atoms with van der Waals surface area (Å²) < 4.78 is 2.84. The van der Waals surface area contributed by atoms with Crippen LogP contribution in [0.3, 0.4) is 0 Å². The lowest BCUT2D eigenvalue weighted by Gasteiger charge is -2.39. The normalized spacial score (nSPS) is 11.5. The third-order valence-electron chi connectivity index (χ3n) is 9.03. The van der Waals surface area contributed by atoms with Crippen molar-refractivity contribution in [1.29, 1.82) is 0 Å². The molecule has 0 radical (unpaired) electrons. The number of carbonyl (C=O) groups is 2. The van der Waals surface area contributed by atoms with E-state index in [0.29, 0.717) is 6.42 Å². The van der Waals surface area contributed by atoms with Crippen LogP contribution in [-0.4, -0.2) is 73.3 Å². The van der Waals surface area contributed by atoms with Crippen molar-refractivity contribution in [3.05, 3.63) is 0 Å². The topological polar surface area (TPSA) is 80.3 Å². The average Bonchev–Trinajstić information content (AvgIpc) is 3.02. The number of hydrogen-bond acceptors (Lipinski definition) is 4. The summed E-state index contributed by atoms with van der Waals surface area (Å²) in [6, 6.07) is 0. The highest BCUT2D eigenvalue weighted by atomic mass is 16.4. The Hall–Kier alpha value is -1.14. The van der Waals surface area contributed by atoms with Gasteiger partial charge in [0.2, 0.25) is 0 Å². The van der Waals surface area contributed by atoms with Crippen LogP contribution in [0.15, 0.2) is 0 Å². The van der Waals surface area contributed by atoms with Gasteiger partial charge >= 0.3 is 0 Å². The van der Waals surface area contributed by atoms with Gasteiger partial charge in [-0.05, 0) is 57.8 Å². The third-order valence-corrected chi connectivity index (χ3v) is 9.03. The molecule has 0 rings (SSSR count). The number of hydrogen-bond donors (Lipinski definition) is 0. The molecule has 0 atom stereocenters. The van der Waals surface area contributed by atoms with Crippen molar-refractivity contribution in [3.8, 4) is 0 Å². The van der Waals surface area contributed by atoms with Crippen LogP contribution in [0.2, 0.25) is 0 Å². The molecule has 0 aromatic rings. The molecule has 0 aliphatic carbocycles. The number of nitrogens with zero attached hydrogens (tertiary/aromatic N) is 2. The molecular weight excluding hydrogens is 548 g/mol. The molecule has 0 aromatic carbocycles. The Kier molecular flexibility index (Phi) is 35.7. The zero-order chi connectivity index (χ0) is 34.1.